The zero-order valence-electron chi connectivity index (χ0n) is 90.7. The number of azide groups is 2. The van der Waals surface area contributed by atoms with E-state index in [-0.39, 0.29) is 91.4 Å². The molecule has 6 fully saturated rings. The molecule has 0 aliphatic carbocycles. The van der Waals surface area contributed by atoms with Crippen molar-refractivity contribution < 1.29 is 105 Å². The van der Waals surface area contributed by atoms with Gasteiger partial charge in [-0.25, -0.2) is 24.0 Å². The zero-order chi connectivity index (χ0) is 108. The molecule has 35 heteroatoms. The van der Waals surface area contributed by atoms with Crippen LogP contribution < -0.4 is 20.4 Å². The molecule has 4 N–H and O–H groups in total. The zero-order valence-corrected chi connectivity index (χ0v) is 90.7. The van der Waals surface area contributed by atoms with Gasteiger partial charge in [-0.2, -0.15) is 0 Å². The number of quaternary nitrogens is 6. The Hall–Kier alpha value is -12.7. The summed E-state index contributed by atoms with van der Waals surface area (Å²) in [6.45, 7) is 53.4. The lowest BCUT2D eigenvalue weighted by atomic mass is 9.77. The van der Waals surface area contributed by atoms with Crippen LogP contribution in [0.25, 0.3) is 53.2 Å². The van der Waals surface area contributed by atoms with Crippen LogP contribution in [0.4, 0.5) is 26.7 Å². The molecule has 6 aromatic carbocycles. The minimum Gasteiger partial charge on any atom is -0.464 e. The second-order valence-corrected chi connectivity index (χ2v) is 44.7. The van der Waals surface area contributed by atoms with Crippen LogP contribution in [-0.4, -0.2) is 358 Å². The van der Waals surface area contributed by atoms with Crippen LogP contribution in [0.2, 0.25) is 0 Å². The number of amides is 3. The predicted molar refractivity (Wildman–Crippen MR) is 579 cm³/mol. The minimum absolute atomic E-state index is 0.00821. The maximum atomic E-state index is 13.6. The summed E-state index contributed by atoms with van der Waals surface area (Å²) < 4.78 is 42.4. The number of benzene rings is 6. The number of carbonyl (C=O) groups excluding carboxylic acids is 8. The Labute approximate surface area is 882 Å². The maximum absolute atomic E-state index is 13.6. The lowest BCUT2D eigenvalue weighted by Gasteiger charge is -2.47. The van der Waals surface area contributed by atoms with Crippen LogP contribution >= 0.6 is 0 Å². The van der Waals surface area contributed by atoms with Crippen molar-refractivity contribution in [3.05, 3.63) is 230 Å². The van der Waals surface area contributed by atoms with Crippen molar-refractivity contribution in [2.45, 2.75) is 149 Å². The van der Waals surface area contributed by atoms with Crippen LogP contribution in [0.3, 0.4) is 0 Å². The molecule has 0 bridgehead atoms. The molecule has 150 heavy (non-hydrogen) atoms. The van der Waals surface area contributed by atoms with Crippen molar-refractivity contribution in [1.82, 2.24) is 19.6 Å². The highest BCUT2D eigenvalue weighted by Gasteiger charge is 2.64. The fraction of sp³-hybridized carbons (Fsp3) is 0.548. The first-order valence-corrected chi connectivity index (χ1v) is 53.8. The number of hydrogen-bond donors (Lipinski definition) is 2. The number of likely N-dealkylation sites (N-methyl/N-ethyl adjacent to an activating group) is 6. The first-order chi connectivity index (χ1) is 71.9. The van der Waals surface area contributed by atoms with E-state index in [1.165, 1.54) is 178 Å². The summed E-state index contributed by atoms with van der Waals surface area (Å²) in [5, 5.41) is 25.3. The van der Waals surface area contributed by atoms with Crippen LogP contribution in [0.15, 0.2) is 186 Å². The molecule has 3 amide bonds. The number of piperazine rings is 3. The molecular weight excluding hydrogens is 1900 g/mol. The van der Waals surface area contributed by atoms with Crippen LogP contribution in [0.5, 0.6) is 0 Å². The van der Waals surface area contributed by atoms with Crippen molar-refractivity contribution in [3.8, 4) is 0 Å². The highest BCUT2D eigenvalue weighted by Crippen LogP contribution is 2.54. The van der Waals surface area contributed by atoms with E-state index in [2.05, 4.69) is 219 Å². The molecular formula is C115H159N19O16+6. The number of aliphatic hydroxyl groups is 1. The van der Waals surface area contributed by atoms with Gasteiger partial charge in [0.25, 0.3) is 0 Å². The van der Waals surface area contributed by atoms with Gasteiger partial charge in [0.05, 0.1) is 137 Å². The van der Waals surface area contributed by atoms with E-state index in [0.717, 1.165) is 150 Å². The van der Waals surface area contributed by atoms with Crippen LogP contribution in [-0.2, 0) is 101 Å². The molecule has 18 rings (SSSR count). The maximum Gasteiger partial charge on any atom is 0.508 e. The first kappa shape index (κ1) is 111. The molecule has 6 aromatic rings. The molecule has 804 valence electrons. The van der Waals surface area contributed by atoms with Crippen molar-refractivity contribution in [3.63, 3.8) is 0 Å². The Kier molecular flexibility index (Phi) is 35.6. The third-order valence-corrected chi connectivity index (χ3v) is 34.4. The van der Waals surface area contributed by atoms with E-state index in [1.54, 1.807) is 30.6 Å². The second kappa shape index (κ2) is 47.9. The van der Waals surface area contributed by atoms with Crippen LogP contribution in [0, 0.1) is 35.5 Å². The van der Waals surface area contributed by atoms with Crippen LogP contribution in [0.1, 0.15) is 108 Å². The van der Waals surface area contributed by atoms with E-state index in [0.29, 0.717) is 51.5 Å². The van der Waals surface area contributed by atoms with E-state index in [1.807, 2.05) is 13.8 Å². The predicted octanol–water partition coefficient (Wildman–Crippen LogP) is 13.4. The number of nitrogens with zero attached hydrogens (tertiary/aromatic N) is 18. The summed E-state index contributed by atoms with van der Waals surface area (Å²) in [5.74, 6) is -4.39. The second-order valence-electron chi connectivity index (χ2n) is 44.7. The smallest absolute Gasteiger partial charge is 0.464 e. The molecule has 0 radical (unpaired) electrons. The third kappa shape index (κ3) is 23.2. The number of rotatable bonds is 41. The number of ether oxygens (including phenoxy) is 7. The van der Waals surface area contributed by atoms with Gasteiger partial charge in [0.15, 0.2) is 0 Å². The Morgan fingerprint density at radius 3 is 1.11 bits per heavy atom. The number of fused-ring (bicyclic) bond motifs is 3. The monoisotopic (exact) mass is 2060 g/mol. The Bertz CT molecular complexity index is 6310. The van der Waals surface area contributed by atoms with E-state index in [4.69, 9.17) is 44.2 Å². The summed E-state index contributed by atoms with van der Waals surface area (Å²) in [5.41, 5.74) is 35.6. The fourth-order valence-corrected chi connectivity index (χ4v) is 25.3. The van der Waals surface area contributed by atoms with Gasteiger partial charge in [-0.15, -0.1) is 0 Å². The molecule has 12 atom stereocenters. The normalized spacial score (nSPS) is 25.9. The number of anilines is 3. The number of β-lactam (4-membered cyclic amide) rings is 3. The molecule has 35 nitrogen and oxygen atoms in total. The van der Waals surface area contributed by atoms with Gasteiger partial charge in [0.2, 0.25) is 17.7 Å². The summed E-state index contributed by atoms with van der Waals surface area (Å²) in [4.78, 5) is 124. The molecule has 0 aromatic heterocycles. The Balaban J connectivity index is 0.000000159. The molecule has 0 spiro atoms. The number of aryl methyl sites for hydroxylation is 1. The van der Waals surface area contributed by atoms with E-state index >= 15 is 0 Å². The van der Waals surface area contributed by atoms with Gasteiger partial charge in [0, 0.05) is 158 Å². The highest BCUT2D eigenvalue weighted by atomic mass is 16.7. The molecule has 9 unspecified atom stereocenters. The van der Waals surface area contributed by atoms with Crippen molar-refractivity contribution in [1.29, 1.82) is 0 Å². The van der Waals surface area contributed by atoms with Gasteiger partial charge < -0.3 is 95.8 Å². The lowest BCUT2D eigenvalue weighted by molar-refractivity contribution is -1.02. The molecule has 12 heterocycles. The summed E-state index contributed by atoms with van der Waals surface area (Å²) in [6.07, 6.45) is 9.21. The topological polar surface area (TPSA) is 369 Å². The Morgan fingerprint density at radius 2 is 0.780 bits per heavy atom. The number of carbonyl (C=O) groups is 8. The Morgan fingerprint density at radius 1 is 0.460 bits per heavy atom. The van der Waals surface area contributed by atoms with Crippen molar-refractivity contribution >= 4 is 97.3 Å². The van der Waals surface area contributed by atoms with Gasteiger partial charge in [0.1, 0.15) is 108 Å². The average Bonchev–Trinajstić information content (AvgIpc) is 1.55. The van der Waals surface area contributed by atoms with Gasteiger partial charge in [-0.1, -0.05) is 168 Å². The van der Waals surface area contributed by atoms with Gasteiger partial charge >= 0.3 is 30.2 Å². The highest BCUT2D eigenvalue weighted by molar-refractivity contribution is 6.07. The number of hydrogen-bond acceptors (Lipinski definition) is 22. The first-order valence-electron chi connectivity index (χ1n) is 53.8. The SMILES string of the molecule is C=CCOC(=O)OC(C)C1C(=O)N2C(C(=O)OCC=C)=C(CN3Cc4ccc(CCC)c5cccc3c45)[C@H](C)C12.C=CCOC(=O)OC(C)C1C(=O)N2C(C(=O)OCC=C)=C(CN3Cc4ccc(CC[N+]5(C)CC[N+](C)(CCCN=[N+]=[N-])CC5)c5cccc3c45)[C@H](C)C12.CN1CC[N+](C)(CCCN=[N+]=[N-])CC1.COC(=O)C1=C(CN2Cc3ccc(CC[N+]4(C)CC[N+](C)(CCC[NH3+])CC4)c4cccc2c34)[C@H](C)C2C(C(C)O)C(=O)N12. The van der Waals surface area contributed by atoms with Gasteiger partial charge in [-0.3, -0.25) is 19.3 Å². The summed E-state index contributed by atoms with van der Waals surface area (Å²) in [6, 6.07) is 32.2. The average molecular weight is 2060 g/mol. The number of aliphatic hydroxyl groups excluding tert-OH is 1. The molecule has 0 saturated carbocycles. The molecule has 12 aliphatic rings. The minimum atomic E-state index is -0.861. The molecule has 6 saturated heterocycles. The van der Waals surface area contributed by atoms with Crippen molar-refractivity contribution in [2.75, 3.05) is 241 Å². The van der Waals surface area contributed by atoms with Crippen molar-refractivity contribution in [2.24, 2.45) is 45.7 Å². The number of esters is 3. The third-order valence-electron chi connectivity index (χ3n) is 34.4. The fourth-order valence-electron chi connectivity index (χ4n) is 25.3. The van der Waals surface area contributed by atoms with E-state index in [9.17, 15) is 43.5 Å². The molecule has 12 aliphatic heterocycles. The quantitative estimate of drug-likeness (QED) is 0.00414. The summed E-state index contributed by atoms with van der Waals surface area (Å²) in [7, 11) is 15.4. The van der Waals surface area contributed by atoms with Gasteiger partial charge in [-0.05, 0) is 130 Å². The summed E-state index contributed by atoms with van der Waals surface area (Å²) >= 11 is 0. The standard InChI is InChI=1S/C40H53N7O6.C34H49N5O4.C32H36N2O6.C9H20N5/c1-7-23-51-39(49)37-32(27(3)36-34(38(48)45(36)37)28(4)53-40(50)52-24-8-2)26-44-25-30-14-13-29(31-11-9-12-33(44)35(30)31)15-18-47(6)21-19-46(5,20-22-47)17-10-16-42-43-41;1-22-27(32(34(42)43-5)37-31(22)29(23(2)40)33(37)41)21-36-20-25-11-10-24(26-8-6-9-28(36)30(25)26)12-15-39(4)18-16-38(3,17-19-39)14-7-13-35;1-6-10-21-13-14-22-17-33(25-12-9-11-23(21)27(22)25)18-24-19(4)28-26(20(5)40-32(37)39-16-8-3)30(35)34(28)29(24)31(36)38-15-7-2;1-13-5-8-14(2,9-6-13)7-3-4-11-12-10/h7-9,11-14,27-28,34,36H,1-2,10,15-26H2,3-6H3;6,8-11,22-23,29,31,40H,7,12-21,35H2,1-5H3;7-9,11-14,19-20,26,28H,2-3,6,10,15-18H2,1,4-5H3;3-9H2,1-2H3/q2*+2;;+1/p+1/t27-,28?,34?,36?,46?,47?;22-,23?,29?,31?,38?,39?;19-,20?,26?,28?;/m000./s1. The van der Waals surface area contributed by atoms with E-state index < -0.39 is 66.3 Å². The number of methoxy groups -OCH3 is 1. The lowest BCUT2D eigenvalue weighted by Crippen LogP contribution is -2.65. The largest absolute Gasteiger partial charge is 0.508 e.